The van der Waals surface area contributed by atoms with E-state index in [9.17, 15) is 0 Å². The highest BCUT2D eigenvalue weighted by Crippen LogP contribution is 2.26. The highest BCUT2D eigenvalue weighted by molar-refractivity contribution is 5.65. The summed E-state index contributed by atoms with van der Waals surface area (Å²) in [6.45, 7) is 3.73. The molecule has 3 heterocycles. The lowest BCUT2D eigenvalue weighted by Crippen LogP contribution is -2.41. The predicted molar refractivity (Wildman–Crippen MR) is 69.5 cm³/mol. The van der Waals surface area contributed by atoms with E-state index in [-0.39, 0.29) is 5.54 Å². The Kier molecular flexibility index (Phi) is 2.59. The molecule has 18 heavy (non-hydrogen) atoms. The van der Waals surface area contributed by atoms with Crippen LogP contribution in [0.2, 0.25) is 0 Å². The van der Waals surface area contributed by atoms with Crippen LogP contribution in [0.4, 0.5) is 11.6 Å². The van der Waals surface area contributed by atoms with Gasteiger partial charge in [0.05, 0.1) is 6.20 Å². The smallest absolute Gasteiger partial charge is 0.180 e. The molecular weight excluding hydrogens is 230 g/mol. The largest absolute Gasteiger partial charge is 0.382 e. The van der Waals surface area contributed by atoms with Crippen LogP contribution in [-0.2, 0) is 4.74 Å². The van der Waals surface area contributed by atoms with Gasteiger partial charge in [0.2, 0.25) is 0 Å². The number of hydrogen-bond acceptors (Lipinski definition) is 5. The maximum atomic E-state index is 5.81. The average Bonchev–Trinajstić information content (AvgIpc) is 2.77. The first-order chi connectivity index (χ1) is 8.66. The summed E-state index contributed by atoms with van der Waals surface area (Å²) in [5, 5.41) is 3.47. The van der Waals surface area contributed by atoms with Gasteiger partial charge in [-0.15, -0.1) is 0 Å². The molecule has 6 heteroatoms. The molecule has 0 saturated carbocycles. The van der Waals surface area contributed by atoms with Gasteiger partial charge in [-0.2, -0.15) is 0 Å². The third-order valence-electron chi connectivity index (χ3n) is 3.41. The van der Waals surface area contributed by atoms with Crippen LogP contribution < -0.4 is 11.1 Å². The Bertz CT molecular complexity index is 559. The predicted octanol–water partition coefficient (Wildman–Crippen LogP) is 1.29. The molecule has 0 amide bonds. The van der Waals surface area contributed by atoms with E-state index >= 15 is 0 Å². The lowest BCUT2D eigenvalue weighted by atomic mass is 9.92. The molecule has 0 bridgehead atoms. The summed E-state index contributed by atoms with van der Waals surface area (Å²) in [6.07, 6.45) is 7.28. The molecule has 0 aliphatic carbocycles. The highest BCUT2D eigenvalue weighted by atomic mass is 16.5. The van der Waals surface area contributed by atoms with Crippen LogP contribution >= 0.6 is 0 Å². The Morgan fingerprint density at radius 2 is 2.22 bits per heavy atom. The van der Waals surface area contributed by atoms with Gasteiger partial charge in [0.15, 0.2) is 11.5 Å². The first-order valence-corrected chi connectivity index (χ1v) is 6.11. The first-order valence-electron chi connectivity index (χ1n) is 6.11. The normalized spacial score (nSPS) is 18.9. The van der Waals surface area contributed by atoms with Crippen LogP contribution in [0.1, 0.15) is 19.8 Å². The number of fused-ring (bicyclic) bond motifs is 1. The molecule has 1 aliphatic heterocycles. The summed E-state index contributed by atoms with van der Waals surface area (Å²) in [5.74, 6) is 1.23. The number of nitrogens with two attached hydrogens (primary N) is 1. The van der Waals surface area contributed by atoms with Crippen molar-refractivity contribution in [3.8, 4) is 0 Å². The fourth-order valence-electron chi connectivity index (χ4n) is 2.27. The molecule has 2 aromatic heterocycles. The zero-order valence-electron chi connectivity index (χ0n) is 10.4. The quantitative estimate of drug-likeness (QED) is 0.836. The summed E-state index contributed by atoms with van der Waals surface area (Å²) in [7, 11) is 0. The van der Waals surface area contributed by atoms with Crippen molar-refractivity contribution in [1.82, 2.24) is 14.4 Å². The fraction of sp³-hybridized carbons (Fsp3) is 0.500. The van der Waals surface area contributed by atoms with Gasteiger partial charge in [-0.3, -0.25) is 0 Å². The number of hydrogen-bond donors (Lipinski definition) is 2. The van der Waals surface area contributed by atoms with Gasteiger partial charge in [0.25, 0.3) is 0 Å². The molecule has 0 atom stereocenters. The van der Waals surface area contributed by atoms with Crippen molar-refractivity contribution in [3.05, 3.63) is 18.6 Å². The van der Waals surface area contributed by atoms with Crippen molar-refractivity contribution in [2.75, 3.05) is 24.3 Å². The van der Waals surface area contributed by atoms with Gasteiger partial charge < -0.3 is 20.2 Å². The zero-order valence-corrected chi connectivity index (χ0v) is 10.4. The van der Waals surface area contributed by atoms with Gasteiger partial charge in [-0.05, 0) is 19.8 Å². The van der Waals surface area contributed by atoms with Crippen molar-refractivity contribution in [1.29, 1.82) is 0 Å². The van der Waals surface area contributed by atoms with E-state index in [4.69, 9.17) is 10.5 Å². The molecule has 6 nitrogen and oxygen atoms in total. The maximum absolute atomic E-state index is 5.81. The molecule has 0 radical (unpaired) electrons. The molecule has 96 valence electrons. The Morgan fingerprint density at radius 3 is 3.00 bits per heavy atom. The zero-order chi connectivity index (χ0) is 12.6. The summed E-state index contributed by atoms with van der Waals surface area (Å²) in [4.78, 5) is 8.66. The Hall–Kier alpha value is -1.82. The number of ether oxygens (including phenoxy) is 1. The lowest BCUT2D eigenvalue weighted by molar-refractivity contribution is 0.0657. The number of nitrogen functional groups attached to an aromatic ring is 1. The van der Waals surface area contributed by atoms with E-state index in [2.05, 4.69) is 22.2 Å². The van der Waals surface area contributed by atoms with Crippen molar-refractivity contribution in [3.63, 3.8) is 0 Å². The Balaban J connectivity index is 1.96. The van der Waals surface area contributed by atoms with Gasteiger partial charge in [0, 0.05) is 31.1 Å². The van der Waals surface area contributed by atoms with Gasteiger partial charge in [-0.1, -0.05) is 0 Å². The molecule has 0 spiro atoms. The molecule has 1 aliphatic rings. The Labute approximate surface area is 105 Å². The third-order valence-corrected chi connectivity index (χ3v) is 3.41. The first kappa shape index (κ1) is 11.3. The second-order valence-corrected chi connectivity index (χ2v) is 4.97. The van der Waals surface area contributed by atoms with E-state index in [1.165, 1.54) is 0 Å². The van der Waals surface area contributed by atoms with E-state index in [0.717, 1.165) is 37.5 Å². The standard InChI is InChI=1S/C12H17N5O/c1-12(2-6-18-7-3-12)16-10-11-14-4-5-17(11)8-9(13)15-10/h4-5,8H,2-3,6-7,13H2,1H3,(H,15,16). The lowest BCUT2D eigenvalue weighted by Gasteiger charge is -2.34. The summed E-state index contributed by atoms with van der Waals surface area (Å²) < 4.78 is 7.28. The molecule has 0 aromatic carbocycles. The number of imidazole rings is 1. The van der Waals surface area contributed by atoms with Crippen molar-refractivity contribution >= 4 is 17.3 Å². The van der Waals surface area contributed by atoms with Crippen molar-refractivity contribution in [2.45, 2.75) is 25.3 Å². The second-order valence-electron chi connectivity index (χ2n) is 4.97. The fourth-order valence-corrected chi connectivity index (χ4v) is 2.27. The molecular formula is C12H17N5O. The molecule has 3 rings (SSSR count). The topological polar surface area (TPSA) is 77.5 Å². The summed E-state index contributed by atoms with van der Waals surface area (Å²) in [6, 6.07) is 0. The van der Waals surface area contributed by atoms with E-state index in [1.54, 1.807) is 12.4 Å². The number of anilines is 2. The highest BCUT2D eigenvalue weighted by Gasteiger charge is 2.28. The van der Waals surface area contributed by atoms with E-state index < -0.39 is 0 Å². The number of aromatic nitrogens is 3. The number of rotatable bonds is 2. The summed E-state index contributed by atoms with van der Waals surface area (Å²) in [5.41, 5.74) is 6.60. The summed E-state index contributed by atoms with van der Waals surface area (Å²) >= 11 is 0. The minimum absolute atomic E-state index is 0.00845. The minimum atomic E-state index is -0.00845. The SMILES string of the molecule is CC1(Nc2nc(N)cn3ccnc23)CCOCC1. The second kappa shape index (κ2) is 4.13. The minimum Gasteiger partial charge on any atom is -0.382 e. The maximum Gasteiger partial charge on any atom is 0.180 e. The Morgan fingerprint density at radius 1 is 1.44 bits per heavy atom. The van der Waals surface area contributed by atoms with E-state index in [1.807, 2.05) is 10.6 Å². The van der Waals surface area contributed by atoms with Crippen LogP contribution in [0, 0.1) is 0 Å². The van der Waals surface area contributed by atoms with Crippen molar-refractivity contribution in [2.24, 2.45) is 0 Å². The third kappa shape index (κ3) is 1.99. The molecule has 1 saturated heterocycles. The number of nitrogens with zero attached hydrogens (tertiary/aromatic N) is 3. The monoisotopic (exact) mass is 247 g/mol. The van der Waals surface area contributed by atoms with Crippen LogP contribution in [0.25, 0.3) is 5.65 Å². The van der Waals surface area contributed by atoms with Crippen LogP contribution in [0.5, 0.6) is 0 Å². The van der Waals surface area contributed by atoms with Crippen molar-refractivity contribution < 1.29 is 4.74 Å². The molecule has 2 aromatic rings. The van der Waals surface area contributed by atoms with Crippen LogP contribution in [0.15, 0.2) is 18.6 Å². The van der Waals surface area contributed by atoms with Gasteiger partial charge >= 0.3 is 0 Å². The van der Waals surface area contributed by atoms with Crippen LogP contribution in [0.3, 0.4) is 0 Å². The van der Waals surface area contributed by atoms with Gasteiger partial charge in [-0.25, -0.2) is 9.97 Å². The van der Waals surface area contributed by atoms with E-state index in [0.29, 0.717) is 5.82 Å². The molecule has 0 unspecified atom stereocenters. The molecule has 3 N–H and O–H groups in total. The number of nitrogens with one attached hydrogen (secondary N) is 1. The molecule has 1 fully saturated rings. The van der Waals surface area contributed by atoms with Gasteiger partial charge in [0.1, 0.15) is 5.82 Å². The van der Waals surface area contributed by atoms with Crippen LogP contribution in [-0.4, -0.2) is 33.1 Å². The average molecular weight is 247 g/mol.